The maximum atomic E-state index is 10.8. The molecule has 0 unspecified atom stereocenters. The van der Waals surface area contributed by atoms with Gasteiger partial charge in [0.2, 0.25) is 5.91 Å². The molecule has 0 atom stereocenters. The predicted molar refractivity (Wildman–Crippen MR) is 70.5 cm³/mol. The van der Waals surface area contributed by atoms with Crippen molar-refractivity contribution in [2.75, 3.05) is 6.54 Å². The van der Waals surface area contributed by atoms with E-state index in [-0.39, 0.29) is 11.6 Å². The van der Waals surface area contributed by atoms with Crippen LogP contribution in [0.3, 0.4) is 0 Å². The molecule has 0 aliphatic carbocycles. The number of nitrogens with zero attached hydrogens (tertiary/aromatic N) is 2. The molecule has 98 valence electrons. The average Bonchev–Trinajstić information content (AvgIpc) is 2.77. The predicted octanol–water partition coefficient (Wildman–Crippen LogP) is 1.62. The Morgan fingerprint density at radius 1 is 1.63 bits per heavy atom. The molecule has 2 aromatic heterocycles. The Labute approximate surface area is 108 Å². The first-order valence-electron chi connectivity index (χ1n) is 5.60. The van der Waals surface area contributed by atoms with Gasteiger partial charge in [-0.05, 0) is 11.6 Å². The van der Waals surface area contributed by atoms with Crippen molar-refractivity contribution >= 4 is 28.7 Å². The highest BCUT2D eigenvalue weighted by Gasteiger charge is 2.14. The number of hydrogen-bond donors (Lipinski definition) is 2. The highest BCUT2D eigenvalue weighted by atomic mass is 16.6. The third-order valence-electron chi connectivity index (χ3n) is 2.51. The van der Waals surface area contributed by atoms with Crippen molar-refractivity contribution in [1.29, 1.82) is 0 Å². The van der Waals surface area contributed by atoms with Gasteiger partial charge in [0.15, 0.2) is 0 Å². The van der Waals surface area contributed by atoms with Crippen LogP contribution >= 0.6 is 0 Å². The molecule has 0 bridgehead atoms. The Bertz CT molecular complexity index is 660. The molecule has 0 spiro atoms. The number of carbonyl (C=O) groups excluding carboxylic acids is 1. The minimum atomic E-state index is -0.453. The number of aromatic nitrogens is 2. The fourth-order valence-electron chi connectivity index (χ4n) is 1.65. The molecule has 2 rings (SSSR count). The average molecular weight is 260 g/mol. The van der Waals surface area contributed by atoms with E-state index in [0.29, 0.717) is 17.6 Å². The molecular weight excluding hydrogens is 248 g/mol. The summed E-state index contributed by atoms with van der Waals surface area (Å²) in [7, 11) is 0. The summed E-state index contributed by atoms with van der Waals surface area (Å²) in [4.78, 5) is 27.9. The molecule has 0 saturated heterocycles. The van der Waals surface area contributed by atoms with Gasteiger partial charge in [-0.1, -0.05) is 12.2 Å². The second-order valence-corrected chi connectivity index (χ2v) is 3.94. The second kappa shape index (κ2) is 5.30. The monoisotopic (exact) mass is 260 g/mol. The zero-order valence-corrected chi connectivity index (χ0v) is 10.2. The molecular formula is C12H12N4O3. The summed E-state index contributed by atoms with van der Waals surface area (Å²) in [6, 6.07) is 1.68. The van der Waals surface area contributed by atoms with Crippen LogP contribution in [0.1, 0.15) is 12.5 Å². The largest absolute Gasteiger partial charge is 0.353 e. The summed E-state index contributed by atoms with van der Waals surface area (Å²) in [5.41, 5.74) is 1.21. The topological polar surface area (TPSA) is 101 Å². The first kappa shape index (κ1) is 12.7. The van der Waals surface area contributed by atoms with Gasteiger partial charge in [0.25, 0.3) is 5.69 Å². The van der Waals surface area contributed by atoms with E-state index in [1.54, 1.807) is 24.4 Å². The number of hydrogen-bond acceptors (Lipinski definition) is 4. The van der Waals surface area contributed by atoms with Crippen molar-refractivity contribution in [3.63, 3.8) is 0 Å². The van der Waals surface area contributed by atoms with Crippen LogP contribution in [-0.2, 0) is 4.79 Å². The van der Waals surface area contributed by atoms with Gasteiger partial charge in [-0.2, -0.15) is 0 Å². The minimum absolute atomic E-state index is 0.000360. The quantitative estimate of drug-likeness (QED) is 0.644. The first-order chi connectivity index (χ1) is 9.08. The van der Waals surface area contributed by atoms with Crippen LogP contribution in [0.2, 0.25) is 0 Å². The van der Waals surface area contributed by atoms with Gasteiger partial charge >= 0.3 is 0 Å². The van der Waals surface area contributed by atoms with E-state index >= 15 is 0 Å². The zero-order valence-electron chi connectivity index (χ0n) is 10.2. The fraction of sp³-hybridized carbons (Fsp3) is 0.167. The number of nitrogens with one attached hydrogen (secondary N) is 2. The molecule has 7 heteroatoms. The van der Waals surface area contributed by atoms with Crippen molar-refractivity contribution in [2.45, 2.75) is 6.92 Å². The number of aromatic amines is 1. The highest BCUT2D eigenvalue weighted by Crippen LogP contribution is 2.24. The van der Waals surface area contributed by atoms with E-state index in [2.05, 4.69) is 15.3 Å². The minimum Gasteiger partial charge on any atom is -0.353 e. The highest BCUT2D eigenvalue weighted by molar-refractivity contribution is 5.87. The summed E-state index contributed by atoms with van der Waals surface area (Å²) in [6.45, 7) is 1.84. The number of H-pyrrole nitrogens is 1. The lowest BCUT2D eigenvalue weighted by molar-refractivity contribution is -0.383. The van der Waals surface area contributed by atoms with Crippen LogP contribution in [0, 0.1) is 10.1 Å². The summed E-state index contributed by atoms with van der Waals surface area (Å²) < 4.78 is 0. The van der Waals surface area contributed by atoms with Crippen LogP contribution < -0.4 is 5.32 Å². The van der Waals surface area contributed by atoms with Gasteiger partial charge < -0.3 is 10.3 Å². The molecule has 0 fully saturated rings. The Hall–Kier alpha value is -2.70. The van der Waals surface area contributed by atoms with Crippen molar-refractivity contribution in [2.24, 2.45) is 0 Å². The zero-order chi connectivity index (χ0) is 13.8. The number of carbonyl (C=O) groups is 1. The third kappa shape index (κ3) is 2.95. The molecule has 0 aliphatic rings. The lowest BCUT2D eigenvalue weighted by Gasteiger charge is -1.96. The number of amides is 1. The molecule has 0 aliphatic heterocycles. The summed E-state index contributed by atoms with van der Waals surface area (Å²) in [5, 5.41) is 13.9. The van der Waals surface area contributed by atoms with Gasteiger partial charge in [0.05, 0.1) is 16.5 Å². The molecule has 0 aromatic carbocycles. The molecule has 2 heterocycles. The van der Waals surface area contributed by atoms with Gasteiger partial charge in [-0.3, -0.25) is 14.9 Å². The van der Waals surface area contributed by atoms with Crippen LogP contribution in [0.15, 0.2) is 24.5 Å². The summed E-state index contributed by atoms with van der Waals surface area (Å²) >= 11 is 0. The first-order valence-corrected chi connectivity index (χ1v) is 5.60. The van der Waals surface area contributed by atoms with Gasteiger partial charge in [-0.25, -0.2) is 4.98 Å². The Morgan fingerprint density at radius 3 is 3.11 bits per heavy atom. The maximum Gasteiger partial charge on any atom is 0.296 e. The van der Waals surface area contributed by atoms with Crippen molar-refractivity contribution in [3.05, 3.63) is 40.2 Å². The number of pyridine rings is 1. The van der Waals surface area contributed by atoms with Crippen LogP contribution in [0.5, 0.6) is 0 Å². The Balaban J connectivity index is 2.23. The third-order valence-corrected chi connectivity index (χ3v) is 2.51. The normalized spacial score (nSPS) is 11.0. The molecule has 2 aromatic rings. The molecule has 7 nitrogen and oxygen atoms in total. The number of fused-ring (bicyclic) bond motifs is 1. The van der Waals surface area contributed by atoms with E-state index in [9.17, 15) is 14.9 Å². The Kier molecular flexibility index (Phi) is 3.56. The van der Waals surface area contributed by atoms with Crippen LogP contribution in [0.4, 0.5) is 5.69 Å². The van der Waals surface area contributed by atoms with Crippen molar-refractivity contribution < 1.29 is 9.72 Å². The molecule has 2 N–H and O–H groups in total. The van der Waals surface area contributed by atoms with Gasteiger partial charge in [0.1, 0.15) is 5.65 Å². The number of rotatable bonds is 4. The lowest BCUT2D eigenvalue weighted by atomic mass is 10.2. The second-order valence-electron chi connectivity index (χ2n) is 3.94. The SMILES string of the molecule is CC(=O)NCC=Cc1cnc2[nH]cc([N+](=O)[O-])c2c1. The fourth-order valence-corrected chi connectivity index (χ4v) is 1.65. The standard InChI is InChI=1S/C12H12N4O3/c1-8(17)13-4-2-3-9-5-10-11(16(18)19)7-15-12(10)14-6-9/h2-3,5-7H,4H2,1H3,(H,13,17)(H,14,15). The summed E-state index contributed by atoms with van der Waals surface area (Å²) in [5.74, 6) is -0.112. The van der Waals surface area contributed by atoms with Crippen molar-refractivity contribution in [1.82, 2.24) is 15.3 Å². The smallest absolute Gasteiger partial charge is 0.296 e. The Morgan fingerprint density at radius 2 is 2.42 bits per heavy atom. The van der Waals surface area contributed by atoms with Crippen LogP contribution in [0.25, 0.3) is 17.1 Å². The van der Waals surface area contributed by atoms with Crippen LogP contribution in [-0.4, -0.2) is 27.3 Å². The molecule has 0 radical (unpaired) electrons. The molecule has 19 heavy (non-hydrogen) atoms. The van der Waals surface area contributed by atoms with E-state index in [1.165, 1.54) is 13.1 Å². The van der Waals surface area contributed by atoms with E-state index in [4.69, 9.17) is 0 Å². The van der Waals surface area contributed by atoms with E-state index in [1.807, 2.05) is 0 Å². The molecule has 1 amide bonds. The lowest BCUT2D eigenvalue weighted by Crippen LogP contribution is -2.19. The summed E-state index contributed by atoms with van der Waals surface area (Å²) in [6.07, 6.45) is 6.43. The van der Waals surface area contributed by atoms with E-state index in [0.717, 1.165) is 5.56 Å². The number of nitro groups is 1. The van der Waals surface area contributed by atoms with E-state index < -0.39 is 4.92 Å². The van der Waals surface area contributed by atoms with Crippen molar-refractivity contribution in [3.8, 4) is 0 Å². The molecule has 0 saturated carbocycles. The van der Waals surface area contributed by atoms with Gasteiger partial charge in [0, 0.05) is 19.7 Å². The van der Waals surface area contributed by atoms with Gasteiger partial charge in [-0.15, -0.1) is 0 Å². The maximum absolute atomic E-state index is 10.8.